The van der Waals surface area contributed by atoms with Crippen LogP contribution in [-0.2, 0) is 9.59 Å². The van der Waals surface area contributed by atoms with Crippen molar-refractivity contribution in [1.29, 1.82) is 0 Å². The van der Waals surface area contributed by atoms with Crippen LogP contribution in [0.1, 0.15) is 5.56 Å². The van der Waals surface area contributed by atoms with Gasteiger partial charge >= 0.3 is 0 Å². The van der Waals surface area contributed by atoms with Gasteiger partial charge in [-0.3, -0.25) is 24.3 Å². The van der Waals surface area contributed by atoms with E-state index in [1.165, 1.54) is 0 Å². The van der Waals surface area contributed by atoms with Crippen molar-refractivity contribution >= 4 is 63.2 Å². The van der Waals surface area contributed by atoms with Crippen LogP contribution in [-0.4, -0.2) is 33.5 Å². The summed E-state index contributed by atoms with van der Waals surface area (Å²) < 4.78 is 1.04. The average molecular weight is 465 g/mol. The quantitative estimate of drug-likeness (QED) is 0.554. The van der Waals surface area contributed by atoms with Crippen molar-refractivity contribution in [2.24, 2.45) is 0 Å². The number of benzene rings is 1. The first kappa shape index (κ1) is 17.6. The fraction of sp³-hybridized carbons (Fsp3) is 0.0588. The Bertz CT molecular complexity index is 853. The van der Waals surface area contributed by atoms with Crippen LogP contribution in [0.15, 0.2) is 53.7 Å². The molecule has 1 fully saturated rings. The minimum atomic E-state index is -0.475. The third-order valence-corrected chi connectivity index (χ3v) is 4.91. The Balaban J connectivity index is 1.67. The van der Waals surface area contributed by atoms with Gasteiger partial charge in [0.25, 0.3) is 11.1 Å². The Labute approximate surface area is 161 Å². The van der Waals surface area contributed by atoms with Crippen molar-refractivity contribution in [2.45, 2.75) is 0 Å². The molecule has 1 aromatic heterocycles. The van der Waals surface area contributed by atoms with Gasteiger partial charge in [-0.05, 0) is 76.3 Å². The Morgan fingerprint density at radius 1 is 1.24 bits per heavy atom. The Kier molecular flexibility index (Phi) is 5.49. The number of halogens is 1. The van der Waals surface area contributed by atoms with Crippen LogP contribution in [0.25, 0.3) is 6.08 Å². The van der Waals surface area contributed by atoms with Crippen LogP contribution in [0.4, 0.5) is 10.5 Å². The molecule has 126 valence electrons. The summed E-state index contributed by atoms with van der Waals surface area (Å²) >= 11 is 2.98. The van der Waals surface area contributed by atoms with Gasteiger partial charge in [0.2, 0.25) is 5.91 Å². The van der Waals surface area contributed by atoms with Crippen molar-refractivity contribution in [3.05, 3.63) is 62.8 Å². The molecule has 2 heterocycles. The van der Waals surface area contributed by atoms with Gasteiger partial charge in [0, 0.05) is 21.7 Å². The number of anilines is 1. The molecular formula is C17H12IN3O3S. The topological polar surface area (TPSA) is 79.4 Å². The van der Waals surface area contributed by atoms with E-state index in [1.54, 1.807) is 42.7 Å². The first-order valence-electron chi connectivity index (χ1n) is 7.24. The molecular weight excluding hydrogens is 453 g/mol. The zero-order valence-corrected chi connectivity index (χ0v) is 15.8. The highest BCUT2D eigenvalue weighted by atomic mass is 127. The van der Waals surface area contributed by atoms with E-state index in [0.29, 0.717) is 5.69 Å². The van der Waals surface area contributed by atoms with Crippen molar-refractivity contribution in [3.63, 3.8) is 0 Å². The number of hydrogen-bond acceptors (Lipinski definition) is 5. The molecule has 0 unspecified atom stereocenters. The monoisotopic (exact) mass is 465 g/mol. The molecule has 1 saturated heterocycles. The molecule has 0 spiro atoms. The summed E-state index contributed by atoms with van der Waals surface area (Å²) in [5, 5.41) is 2.21. The number of imide groups is 1. The van der Waals surface area contributed by atoms with Crippen molar-refractivity contribution in [2.75, 3.05) is 11.9 Å². The maximum atomic E-state index is 12.4. The number of amides is 3. The molecule has 3 amide bonds. The lowest BCUT2D eigenvalue weighted by molar-refractivity contribution is -0.127. The number of nitrogens with one attached hydrogen (secondary N) is 1. The standard InChI is InChI=1S/C17H12IN3O3S/c18-12-3-5-13(6-4-12)20-15(22)10-21-16(23)14(25-17(21)24)8-11-2-1-7-19-9-11/h1-9H,10H2,(H,20,22)/b14-8+. The van der Waals surface area contributed by atoms with E-state index in [1.807, 2.05) is 12.1 Å². The fourth-order valence-electron chi connectivity index (χ4n) is 2.13. The summed E-state index contributed by atoms with van der Waals surface area (Å²) in [6, 6.07) is 10.8. The van der Waals surface area contributed by atoms with E-state index < -0.39 is 17.1 Å². The number of hydrogen-bond donors (Lipinski definition) is 1. The highest BCUT2D eigenvalue weighted by Crippen LogP contribution is 2.31. The van der Waals surface area contributed by atoms with E-state index >= 15 is 0 Å². The molecule has 0 saturated carbocycles. The molecule has 0 atom stereocenters. The number of aromatic nitrogens is 1. The van der Waals surface area contributed by atoms with Gasteiger partial charge in [-0.25, -0.2) is 0 Å². The largest absolute Gasteiger partial charge is 0.325 e. The number of carbonyl (C=O) groups excluding carboxylic acids is 3. The van der Waals surface area contributed by atoms with Crippen molar-refractivity contribution in [3.8, 4) is 0 Å². The van der Waals surface area contributed by atoms with Gasteiger partial charge in [0.15, 0.2) is 0 Å². The number of carbonyl (C=O) groups is 3. The maximum absolute atomic E-state index is 12.4. The summed E-state index contributed by atoms with van der Waals surface area (Å²) in [5.41, 5.74) is 1.33. The predicted molar refractivity (Wildman–Crippen MR) is 105 cm³/mol. The Hall–Kier alpha value is -2.20. The molecule has 1 aliphatic heterocycles. The molecule has 6 nitrogen and oxygen atoms in total. The highest BCUT2D eigenvalue weighted by Gasteiger charge is 2.36. The first-order valence-corrected chi connectivity index (χ1v) is 9.13. The molecule has 0 radical (unpaired) electrons. The predicted octanol–water partition coefficient (Wildman–Crippen LogP) is 3.36. The van der Waals surface area contributed by atoms with Crippen LogP contribution in [0.5, 0.6) is 0 Å². The third kappa shape index (κ3) is 4.45. The number of thioether (sulfide) groups is 1. The molecule has 1 N–H and O–H groups in total. The SMILES string of the molecule is O=C(CN1C(=O)S/C(=C/c2cccnc2)C1=O)Nc1ccc(I)cc1. The van der Waals surface area contributed by atoms with Crippen molar-refractivity contribution < 1.29 is 14.4 Å². The van der Waals surface area contributed by atoms with Gasteiger partial charge in [-0.1, -0.05) is 6.07 Å². The second-order valence-corrected chi connectivity index (χ2v) is 7.35. The zero-order valence-electron chi connectivity index (χ0n) is 12.8. The third-order valence-electron chi connectivity index (χ3n) is 3.29. The highest BCUT2D eigenvalue weighted by molar-refractivity contribution is 14.1. The lowest BCUT2D eigenvalue weighted by Crippen LogP contribution is -2.36. The molecule has 1 aliphatic rings. The fourth-order valence-corrected chi connectivity index (χ4v) is 3.32. The summed E-state index contributed by atoms with van der Waals surface area (Å²) in [5.74, 6) is -0.900. The Morgan fingerprint density at radius 3 is 2.68 bits per heavy atom. The molecule has 0 bridgehead atoms. The number of rotatable bonds is 4. The summed E-state index contributed by atoms with van der Waals surface area (Å²) in [4.78, 5) is 41.7. The molecule has 1 aromatic carbocycles. The number of nitrogens with zero attached hydrogens (tertiary/aromatic N) is 2. The normalized spacial score (nSPS) is 15.7. The maximum Gasteiger partial charge on any atom is 0.294 e. The lowest BCUT2D eigenvalue weighted by atomic mass is 10.2. The van der Waals surface area contributed by atoms with E-state index in [4.69, 9.17) is 0 Å². The van der Waals surface area contributed by atoms with E-state index in [9.17, 15) is 14.4 Å². The van der Waals surface area contributed by atoms with E-state index in [-0.39, 0.29) is 11.4 Å². The minimum Gasteiger partial charge on any atom is -0.325 e. The average Bonchev–Trinajstić information content (AvgIpc) is 2.85. The summed E-state index contributed by atoms with van der Waals surface area (Å²) in [6.45, 7) is -0.318. The molecule has 3 rings (SSSR count). The van der Waals surface area contributed by atoms with Gasteiger partial charge in [0.05, 0.1) is 4.91 Å². The smallest absolute Gasteiger partial charge is 0.294 e. The van der Waals surface area contributed by atoms with Gasteiger partial charge in [-0.2, -0.15) is 0 Å². The Morgan fingerprint density at radius 2 is 2.00 bits per heavy atom. The first-order chi connectivity index (χ1) is 12.0. The van der Waals surface area contributed by atoms with Crippen LogP contribution >= 0.6 is 34.4 Å². The van der Waals surface area contributed by atoms with E-state index in [2.05, 4.69) is 32.9 Å². The van der Waals surface area contributed by atoms with Gasteiger partial charge < -0.3 is 5.32 Å². The summed E-state index contributed by atoms with van der Waals surface area (Å²) in [7, 11) is 0. The molecule has 2 aromatic rings. The van der Waals surface area contributed by atoms with Crippen LogP contribution in [0.3, 0.4) is 0 Å². The van der Waals surface area contributed by atoms with Crippen LogP contribution < -0.4 is 5.32 Å². The minimum absolute atomic E-state index is 0.278. The van der Waals surface area contributed by atoms with Crippen molar-refractivity contribution in [1.82, 2.24) is 9.88 Å². The second kappa shape index (κ2) is 7.79. The van der Waals surface area contributed by atoms with E-state index in [0.717, 1.165) is 25.8 Å². The number of pyridine rings is 1. The van der Waals surface area contributed by atoms with Crippen LogP contribution in [0.2, 0.25) is 0 Å². The van der Waals surface area contributed by atoms with Crippen LogP contribution in [0, 0.1) is 3.57 Å². The molecule has 0 aliphatic carbocycles. The summed E-state index contributed by atoms with van der Waals surface area (Å²) in [6.07, 6.45) is 4.81. The lowest BCUT2D eigenvalue weighted by Gasteiger charge is -2.12. The zero-order chi connectivity index (χ0) is 17.8. The second-order valence-electron chi connectivity index (χ2n) is 5.11. The van der Waals surface area contributed by atoms with Gasteiger partial charge in [0.1, 0.15) is 6.54 Å². The van der Waals surface area contributed by atoms with Gasteiger partial charge in [-0.15, -0.1) is 0 Å². The molecule has 25 heavy (non-hydrogen) atoms. The molecule has 8 heteroatoms.